The Labute approximate surface area is 110 Å². The van der Waals surface area contributed by atoms with Crippen LogP contribution in [0.5, 0.6) is 0 Å². The standard InChI is InChI=1S/C12H8N4O4/c17-10-5-13-8(4-14-10)11(18)15-6-1-2-7-9(3-6)20-12(19)16-7/h1-5H,(H,14,17)(H,15,18)(H,16,19). The van der Waals surface area contributed by atoms with Gasteiger partial charge in [-0.3, -0.25) is 14.6 Å². The SMILES string of the molecule is O=C(Nc1ccc2[nH]c(=O)oc2c1)c1c[nH]c(=O)cn1. The van der Waals surface area contributed by atoms with Gasteiger partial charge < -0.3 is 14.7 Å². The zero-order chi connectivity index (χ0) is 14.1. The Morgan fingerprint density at radius 2 is 2.15 bits per heavy atom. The lowest BCUT2D eigenvalue weighted by atomic mass is 10.3. The largest absolute Gasteiger partial charge is 0.417 e. The van der Waals surface area contributed by atoms with Crippen molar-refractivity contribution in [2.75, 3.05) is 5.32 Å². The summed E-state index contributed by atoms with van der Waals surface area (Å²) in [6.07, 6.45) is 2.23. The molecule has 0 fully saturated rings. The fourth-order valence-corrected chi connectivity index (χ4v) is 1.68. The number of hydrogen-bond donors (Lipinski definition) is 3. The van der Waals surface area contributed by atoms with Gasteiger partial charge in [-0.2, -0.15) is 0 Å². The van der Waals surface area contributed by atoms with E-state index in [9.17, 15) is 14.4 Å². The summed E-state index contributed by atoms with van der Waals surface area (Å²) in [5.74, 6) is -1.05. The van der Waals surface area contributed by atoms with E-state index in [1.54, 1.807) is 12.1 Å². The van der Waals surface area contributed by atoms with Gasteiger partial charge in [0.15, 0.2) is 5.58 Å². The molecule has 0 radical (unpaired) electrons. The van der Waals surface area contributed by atoms with Gasteiger partial charge in [0.1, 0.15) is 5.69 Å². The van der Waals surface area contributed by atoms with E-state index >= 15 is 0 Å². The first kappa shape index (κ1) is 11.9. The quantitative estimate of drug-likeness (QED) is 0.625. The molecular weight excluding hydrogens is 264 g/mol. The Kier molecular flexibility index (Phi) is 2.68. The number of carbonyl (C=O) groups is 1. The average molecular weight is 272 g/mol. The summed E-state index contributed by atoms with van der Waals surface area (Å²) in [5, 5.41) is 2.58. The van der Waals surface area contributed by atoms with Crippen LogP contribution in [-0.4, -0.2) is 20.9 Å². The fourth-order valence-electron chi connectivity index (χ4n) is 1.68. The summed E-state index contributed by atoms with van der Waals surface area (Å²) in [4.78, 5) is 42.3. The number of fused-ring (bicyclic) bond motifs is 1. The molecule has 8 heteroatoms. The second-order valence-corrected chi connectivity index (χ2v) is 3.98. The van der Waals surface area contributed by atoms with Crippen molar-refractivity contribution in [3.63, 3.8) is 0 Å². The number of aromatic nitrogens is 3. The molecular formula is C12H8N4O4. The lowest BCUT2D eigenvalue weighted by molar-refractivity contribution is 0.102. The normalized spacial score (nSPS) is 10.6. The number of amides is 1. The van der Waals surface area contributed by atoms with E-state index in [1.165, 1.54) is 12.3 Å². The molecule has 100 valence electrons. The van der Waals surface area contributed by atoms with Crippen molar-refractivity contribution in [1.82, 2.24) is 15.0 Å². The molecule has 1 amide bonds. The molecule has 20 heavy (non-hydrogen) atoms. The summed E-state index contributed by atoms with van der Waals surface area (Å²) >= 11 is 0. The van der Waals surface area contributed by atoms with E-state index in [0.29, 0.717) is 16.8 Å². The predicted octanol–water partition coefficient (Wildman–Crippen LogP) is 0.457. The van der Waals surface area contributed by atoms with Crippen molar-refractivity contribution in [2.45, 2.75) is 0 Å². The minimum Gasteiger partial charge on any atom is -0.408 e. The van der Waals surface area contributed by atoms with E-state index in [-0.39, 0.29) is 5.69 Å². The predicted molar refractivity (Wildman–Crippen MR) is 69.6 cm³/mol. The van der Waals surface area contributed by atoms with E-state index in [1.807, 2.05) is 0 Å². The van der Waals surface area contributed by atoms with Gasteiger partial charge in [-0.15, -0.1) is 0 Å². The van der Waals surface area contributed by atoms with Gasteiger partial charge in [0.2, 0.25) is 0 Å². The van der Waals surface area contributed by atoms with Crippen LogP contribution >= 0.6 is 0 Å². The molecule has 0 bridgehead atoms. The Hall–Kier alpha value is -3.16. The monoisotopic (exact) mass is 272 g/mol. The number of aromatic amines is 2. The number of hydrogen-bond acceptors (Lipinski definition) is 5. The molecule has 1 aromatic carbocycles. The van der Waals surface area contributed by atoms with Crippen molar-refractivity contribution in [3.05, 3.63) is 57.2 Å². The van der Waals surface area contributed by atoms with Crippen LogP contribution in [0.2, 0.25) is 0 Å². The van der Waals surface area contributed by atoms with Gasteiger partial charge in [0.25, 0.3) is 11.5 Å². The molecule has 3 N–H and O–H groups in total. The molecule has 3 aromatic rings. The molecule has 2 heterocycles. The first-order valence-corrected chi connectivity index (χ1v) is 5.61. The van der Waals surface area contributed by atoms with Gasteiger partial charge in [0.05, 0.1) is 11.7 Å². The Bertz CT molecular complexity index is 885. The van der Waals surface area contributed by atoms with Crippen LogP contribution in [0, 0.1) is 0 Å². The number of oxazole rings is 1. The Morgan fingerprint density at radius 1 is 1.30 bits per heavy atom. The highest BCUT2D eigenvalue weighted by Gasteiger charge is 2.09. The average Bonchev–Trinajstić information content (AvgIpc) is 2.78. The van der Waals surface area contributed by atoms with E-state index in [0.717, 1.165) is 6.20 Å². The van der Waals surface area contributed by atoms with Gasteiger partial charge in [0, 0.05) is 18.0 Å². The van der Waals surface area contributed by atoms with E-state index < -0.39 is 17.2 Å². The summed E-state index contributed by atoms with van der Waals surface area (Å²) < 4.78 is 4.89. The zero-order valence-corrected chi connectivity index (χ0v) is 9.97. The van der Waals surface area contributed by atoms with Crippen molar-refractivity contribution in [3.8, 4) is 0 Å². The molecule has 2 aromatic heterocycles. The topological polar surface area (TPSA) is 121 Å². The lowest BCUT2D eigenvalue weighted by Crippen LogP contribution is -2.16. The first-order chi connectivity index (χ1) is 9.61. The van der Waals surface area contributed by atoms with Crippen molar-refractivity contribution < 1.29 is 9.21 Å². The molecule has 0 unspecified atom stereocenters. The van der Waals surface area contributed by atoms with Crippen molar-refractivity contribution in [1.29, 1.82) is 0 Å². The highest BCUT2D eigenvalue weighted by Crippen LogP contribution is 2.16. The third kappa shape index (κ3) is 2.21. The maximum Gasteiger partial charge on any atom is 0.417 e. The van der Waals surface area contributed by atoms with Crippen LogP contribution in [0.1, 0.15) is 10.5 Å². The number of benzene rings is 1. The van der Waals surface area contributed by atoms with Gasteiger partial charge in [-0.25, -0.2) is 9.78 Å². The van der Waals surface area contributed by atoms with Crippen LogP contribution in [0.15, 0.2) is 44.6 Å². The van der Waals surface area contributed by atoms with Crippen LogP contribution in [0.3, 0.4) is 0 Å². The van der Waals surface area contributed by atoms with Gasteiger partial charge in [-0.05, 0) is 12.1 Å². The van der Waals surface area contributed by atoms with Crippen molar-refractivity contribution in [2.24, 2.45) is 0 Å². The maximum absolute atomic E-state index is 11.9. The van der Waals surface area contributed by atoms with Crippen LogP contribution in [0.4, 0.5) is 5.69 Å². The fraction of sp³-hybridized carbons (Fsp3) is 0. The van der Waals surface area contributed by atoms with E-state index in [2.05, 4.69) is 20.3 Å². The van der Waals surface area contributed by atoms with Crippen molar-refractivity contribution >= 4 is 22.7 Å². The smallest absolute Gasteiger partial charge is 0.408 e. The minimum absolute atomic E-state index is 0.0696. The summed E-state index contributed by atoms with van der Waals surface area (Å²) in [5.41, 5.74) is 0.993. The molecule has 0 spiro atoms. The third-order valence-corrected chi connectivity index (χ3v) is 2.58. The highest BCUT2D eigenvalue weighted by atomic mass is 16.4. The Morgan fingerprint density at radius 3 is 2.90 bits per heavy atom. The zero-order valence-electron chi connectivity index (χ0n) is 9.97. The molecule has 0 aliphatic heterocycles. The molecule has 0 aliphatic rings. The summed E-state index contributed by atoms with van der Waals surface area (Å²) in [6.45, 7) is 0. The molecule has 0 atom stereocenters. The van der Waals surface area contributed by atoms with Crippen LogP contribution < -0.4 is 16.6 Å². The number of H-pyrrole nitrogens is 2. The molecule has 8 nitrogen and oxygen atoms in total. The number of carbonyl (C=O) groups excluding carboxylic acids is 1. The molecule has 3 rings (SSSR count). The molecule has 0 aliphatic carbocycles. The number of nitrogens with zero attached hydrogens (tertiary/aromatic N) is 1. The molecule has 0 saturated carbocycles. The summed E-state index contributed by atoms with van der Waals surface area (Å²) in [7, 11) is 0. The number of nitrogens with one attached hydrogen (secondary N) is 3. The number of anilines is 1. The number of rotatable bonds is 2. The van der Waals surface area contributed by atoms with E-state index in [4.69, 9.17) is 4.42 Å². The third-order valence-electron chi connectivity index (χ3n) is 2.58. The van der Waals surface area contributed by atoms with Gasteiger partial charge >= 0.3 is 5.76 Å². The lowest BCUT2D eigenvalue weighted by Gasteiger charge is -2.03. The van der Waals surface area contributed by atoms with Crippen LogP contribution in [0.25, 0.3) is 11.1 Å². The molecule has 0 saturated heterocycles. The Balaban J connectivity index is 1.88. The first-order valence-electron chi connectivity index (χ1n) is 5.61. The second-order valence-electron chi connectivity index (χ2n) is 3.98. The maximum atomic E-state index is 11.9. The van der Waals surface area contributed by atoms with Gasteiger partial charge in [-0.1, -0.05) is 0 Å². The summed E-state index contributed by atoms with van der Waals surface area (Å²) in [6, 6.07) is 4.73. The second kappa shape index (κ2) is 4.50. The minimum atomic E-state index is -0.564. The van der Waals surface area contributed by atoms with Crippen LogP contribution in [-0.2, 0) is 0 Å². The highest BCUT2D eigenvalue weighted by molar-refractivity contribution is 6.03.